The number of fused-ring (bicyclic) bond motifs is 1. The molecule has 1 heterocycles. The van der Waals surface area contributed by atoms with E-state index in [4.69, 9.17) is 0 Å². The van der Waals surface area contributed by atoms with Crippen molar-refractivity contribution < 1.29 is 4.79 Å². The maximum atomic E-state index is 12.3. The molecule has 3 rings (SSSR count). The first-order valence-corrected chi connectivity index (χ1v) is 6.97. The number of hydrogen-bond acceptors (Lipinski definition) is 2. The first-order valence-electron chi connectivity index (χ1n) is 6.97. The Bertz CT molecular complexity index is 649. The largest absolute Gasteiger partial charge is 0.385 e. The number of carbonyl (C=O) groups excluding carboxylic acids is 1. The van der Waals surface area contributed by atoms with Crippen molar-refractivity contribution in [2.75, 3.05) is 17.2 Å². The van der Waals surface area contributed by atoms with Crippen LogP contribution in [0.2, 0.25) is 0 Å². The Morgan fingerprint density at radius 2 is 2.10 bits per heavy atom. The van der Waals surface area contributed by atoms with Crippen LogP contribution in [0.15, 0.2) is 42.5 Å². The fourth-order valence-electron chi connectivity index (χ4n) is 2.54. The minimum Gasteiger partial charge on any atom is -0.385 e. The molecule has 0 aliphatic carbocycles. The number of aryl methyl sites for hydroxylation is 2. The molecule has 1 aliphatic heterocycles. The van der Waals surface area contributed by atoms with E-state index in [-0.39, 0.29) is 5.91 Å². The van der Waals surface area contributed by atoms with Crippen LogP contribution in [-0.4, -0.2) is 12.5 Å². The van der Waals surface area contributed by atoms with E-state index in [2.05, 4.69) is 10.6 Å². The molecule has 0 fully saturated rings. The average Bonchev–Trinajstić information content (AvgIpc) is 2.47. The second kappa shape index (κ2) is 5.37. The third kappa shape index (κ3) is 2.67. The summed E-state index contributed by atoms with van der Waals surface area (Å²) in [6.45, 7) is 3.03. The van der Waals surface area contributed by atoms with Crippen molar-refractivity contribution in [3.8, 4) is 0 Å². The van der Waals surface area contributed by atoms with Crippen LogP contribution in [-0.2, 0) is 6.42 Å². The molecular formula is C17H18N2O. The molecule has 0 radical (unpaired) electrons. The molecule has 2 aromatic carbocycles. The average molecular weight is 266 g/mol. The van der Waals surface area contributed by atoms with Crippen LogP contribution in [0.25, 0.3) is 0 Å². The molecule has 0 saturated carbocycles. The molecule has 0 bridgehead atoms. The van der Waals surface area contributed by atoms with E-state index < -0.39 is 0 Å². The van der Waals surface area contributed by atoms with Gasteiger partial charge >= 0.3 is 0 Å². The summed E-state index contributed by atoms with van der Waals surface area (Å²) in [5.41, 5.74) is 5.08. The minimum absolute atomic E-state index is 0.0519. The van der Waals surface area contributed by atoms with Crippen molar-refractivity contribution in [3.05, 3.63) is 59.2 Å². The molecule has 0 spiro atoms. The van der Waals surface area contributed by atoms with Gasteiger partial charge in [0.05, 0.1) is 0 Å². The van der Waals surface area contributed by atoms with Crippen LogP contribution in [0.5, 0.6) is 0 Å². The van der Waals surface area contributed by atoms with E-state index >= 15 is 0 Å². The van der Waals surface area contributed by atoms with Crippen LogP contribution < -0.4 is 10.6 Å². The van der Waals surface area contributed by atoms with Crippen molar-refractivity contribution >= 4 is 17.3 Å². The van der Waals surface area contributed by atoms with E-state index in [1.165, 1.54) is 5.56 Å². The first-order chi connectivity index (χ1) is 9.72. The fourth-order valence-corrected chi connectivity index (χ4v) is 2.54. The van der Waals surface area contributed by atoms with E-state index in [0.717, 1.165) is 36.3 Å². The summed E-state index contributed by atoms with van der Waals surface area (Å²) >= 11 is 0. The molecule has 2 N–H and O–H groups in total. The Labute approximate surface area is 119 Å². The monoisotopic (exact) mass is 266 g/mol. The minimum atomic E-state index is -0.0519. The molecule has 102 valence electrons. The number of hydrogen-bond donors (Lipinski definition) is 2. The number of amides is 1. The zero-order chi connectivity index (χ0) is 13.9. The Hall–Kier alpha value is -2.29. The van der Waals surface area contributed by atoms with Gasteiger partial charge in [-0.05, 0) is 61.2 Å². The van der Waals surface area contributed by atoms with Gasteiger partial charge in [0.2, 0.25) is 0 Å². The van der Waals surface area contributed by atoms with E-state index in [9.17, 15) is 4.79 Å². The fraction of sp³-hybridized carbons (Fsp3) is 0.235. The lowest BCUT2D eigenvalue weighted by Crippen LogP contribution is -2.15. The Kier molecular flexibility index (Phi) is 3.42. The summed E-state index contributed by atoms with van der Waals surface area (Å²) < 4.78 is 0. The van der Waals surface area contributed by atoms with Gasteiger partial charge in [-0.3, -0.25) is 4.79 Å². The molecule has 0 atom stereocenters. The van der Waals surface area contributed by atoms with Crippen LogP contribution in [0.3, 0.4) is 0 Å². The topological polar surface area (TPSA) is 41.1 Å². The van der Waals surface area contributed by atoms with E-state index in [1.807, 2.05) is 49.4 Å². The predicted octanol–water partition coefficient (Wildman–Crippen LogP) is 3.61. The van der Waals surface area contributed by atoms with Crippen molar-refractivity contribution in [2.24, 2.45) is 0 Å². The third-order valence-electron chi connectivity index (χ3n) is 3.58. The molecule has 1 amide bonds. The van der Waals surface area contributed by atoms with Gasteiger partial charge < -0.3 is 10.6 Å². The highest BCUT2D eigenvalue weighted by Gasteiger charge is 2.12. The van der Waals surface area contributed by atoms with Gasteiger partial charge in [0.25, 0.3) is 5.91 Å². The first kappa shape index (κ1) is 12.7. The molecular weight excluding hydrogens is 248 g/mol. The number of rotatable bonds is 2. The van der Waals surface area contributed by atoms with Gasteiger partial charge in [0, 0.05) is 23.5 Å². The summed E-state index contributed by atoms with van der Waals surface area (Å²) in [5.74, 6) is -0.0519. The maximum absolute atomic E-state index is 12.3. The van der Waals surface area contributed by atoms with Crippen LogP contribution in [0.1, 0.15) is 27.9 Å². The van der Waals surface area contributed by atoms with Gasteiger partial charge in [-0.2, -0.15) is 0 Å². The smallest absolute Gasteiger partial charge is 0.255 e. The lowest BCUT2D eigenvalue weighted by Gasteiger charge is -2.18. The summed E-state index contributed by atoms with van der Waals surface area (Å²) in [6.07, 6.45) is 2.16. The normalized spacial score (nSPS) is 13.2. The molecule has 0 aromatic heterocycles. The van der Waals surface area contributed by atoms with E-state index in [0.29, 0.717) is 5.56 Å². The van der Waals surface area contributed by atoms with Gasteiger partial charge in [0.15, 0.2) is 0 Å². The summed E-state index contributed by atoms with van der Waals surface area (Å²) in [5, 5.41) is 6.30. The lowest BCUT2D eigenvalue weighted by molar-refractivity contribution is 0.102. The highest BCUT2D eigenvalue weighted by molar-refractivity contribution is 6.04. The molecule has 0 saturated heterocycles. The highest BCUT2D eigenvalue weighted by Crippen LogP contribution is 2.23. The number of nitrogens with one attached hydrogen (secondary N) is 2. The number of anilines is 2. The Morgan fingerprint density at radius 1 is 1.20 bits per heavy atom. The van der Waals surface area contributed by atoms with Gasteiger partial charge in [-0.25, -0.2) is 0 Å². The second-order valence-corrected chi connectivity index (χ2v) is 5.23. The van der Waals surface area contributed by atoms with Crippen LogP contribution in [0, 0.1) is 6.92 Å². The lowest BCUT2D eigenvalue weighted by atomic mass is 10.0. The van der Waals surface area contributed by atoms with Gasteiger partial charge in [-0.15, -0.1) is 0 Å². The SMILES string of the molecule is Cc1cccc(NC(=O)c2ccc3c(c2)CCCN3)c1. The van der Waals surface area contributed by atoms with Crippen molar-refractivity contribution in [3.63, 3.8) is 0 Å². The van der Waals surface area contributed by atoms with Crippen molar-refractivity contribution in [1.29, 1.82) is 0 Å². The molecule has 3 nitrogen and oxygen atoms in total. The molecule has 1 aliphatic rings. The molecule has 20 heavy (non-hydrogen) atoms. The zero-order valence-corrected chi connectivity index (χ0v) is 11.6. The summed E-state index contributed by atoms with van der Waals surface area (Å²) in [4.78, 5) is 12.3. The number of carbonyl (C=O) groups is 1. The van der Waals surface area contributed by atoms with Crippen LogP contribution in [0.4, 0.5) is 11.4 Å². The van der Waals surface area contributed by atoms with Crippen molar-refractivity contribution in [1.82, 2.24) is 0 Å². The standard InChI is InChI=1S/C17H18N2O/c1-12-4-2-6-15(10-12)19-17(20)14-7-8-16-13(11-14)5-3-9-18-16/h2,4,6-8,10-11,18H,3,5,9H2,1H3,(H,19,20). The summed E-state index contributed by atoms with van der Waals surface area (Å²) in [7, 11) is 0. The molecule has 0 unspecified atom stereocenters. The summed E-state index contributed by atoms with van der Waals surface area (Å²) in [6, 6.07) is 13.7. The molecule has 3 heteroatoms. The quantitative estimate of drug-likeness (QED) is 0.872. The third-order valence-corrected chi connectivity index (χ3v) is 3.58. The maximum Gasteiger partial charge on any atom is 0.255 e. The van der Waals surface area contributed by atoms with Crippen LogP contribution >= 0.6 is 0 Å². The number of benzene rings is 2. The Balaban J connectivity index is 1.80. The highest BCUT2D eigenvalue weighted by atomic mass is 16.1. The second-order valence-electron chi connectivity index (χ2n) is 5.23. The van der Waals surface area contributed by atoms with Gasteiger partial charge in [0.1, 0.15) is 0 Å². The van der Waals surface area contributed by atoms with Crippen molar-refractivity contribution in [2.45, 2.75) is 19.8 Å². The van der Waals surface area contributed by atoms with E-state index in [1.54, 1.807) is 0 Å². The zero-order valence-electron chi connectivity index (χ0n) is 11.6. The Morgan fingerprint density at radius 3 is 2.95 bits per heavy atom. The van der Waals surface area contributed by atoms with Gasteiger partial charge in [-0.1, -0.05) is 12.1 Å². The predicted molar refractivity (Wildman–Crippen MR) is 82.4 cm³/mol. The molecule has 2 aromatic rings.